The van der Waals surface area contributed by atoms with Crippen molar-refractivity contribution in [3.8, 4) is 5.82 Å². The van der Waals surface area contributed by atoms with Crippen molar-refractivity contribution in [2.24, 2.45) is 0 Å². The van der Waals surface area contributed by atoms with E-state index in [1.807, 2.05) is 50.2 Å². The summed E-state index contributed by atoms with van der Waals surface area (Å²) in [5.41, 5.74) is 10.8. The fraction of sp³-hybridized carbons (Fsp3) is 0.118. The van der Waals surface area contributed by atoms with Gasteiger partial charge in [-0.3, -0.25) is 0 Å². The van der Waals surface area contributed by atoms with Crippen LogP contribution in [0.2, 0.25) is 0 Å². The van der Waals surface area contributed by atoms with Crippen molar-refractivity contribution in [2.45, 2.75) is 13.8 Å². The summed E-state index contributed by atoms with van der Waals surface area (Å²) in [6, 6.07) is 11.7. The van der Waals surface area contributed by atoms with E-state index in [0.29, 0.717) is 0 Å². The van der Waals surface area contributed by atoms with Crippen LogP contribution in [0.5, 0.6) is 0 Å². The fourth-order valence-electron chi connectivity index (χ4n) is 2.91. The molecule has 0 aliphatic carbocycles. The maximum Gasteiger partial charge on any atom is 0.167 e. The molecular formula is C17H15N5. The van der Waals surface area contributed by atoms with Crippen molar-refractivity contribution >= 4 is 27.6 Å². The lowest BCUT2D eigenvalue weighted by atomic mass is 10.1. The van der Waals surface area contributed by atoms with E-state index in [4.69, 9.17) is 10.7 Å². The van der Waals surface area contributed by atoms with Crippen LogP contribution in [0.1, 0.15) is 11.3 Å². The van der Waals surface area contributed by atoms with Crippen molar-refractivity contribution in [1.82, 2.24) is 19.7 Å². The predicted octanol–water partition coefficient (Wildman–Crippen LogP) is 3.17. The minimum atomic E-state index is 0.734. The smallest absolute Gasteiger partial charge is 0.167 e. The molecule has 3 heterocycles. The number of fused-ring (bicyclic) bond motifs is 2. The summed E-state index contributed by atoms with van der Waals surface area (Å²) in [7, 11) is 0. The van der Waals surface area contributed by atoms with Gasteiger partial charge in [0.25, 0.3) is 0 Å². The number of aryl methyl sites for hydroxylation is 2. The predicted molar refractivity (Wildman–Crippen MR) is 88.1 cm³/mol. The second-order valence-corrected chi connectivity index (χ2v) is 5.38. The first-order valence-electron chi connectivity index (χ1n) is 7.12. The lowest BCUT2D eigenvalue weighted by Gasteiger charge is -2.07. The molecule has 3 aromatic heterocycles. The summed E-state index contributed by atoms with van der Waals surface area (Å²) >= 11 is 0. The minimum absolute atomic E-state index is 0.734. The zero-order chi connectivity index (χ0) is 15.3. The molecule has 4 rings (SSSR count). The molecule has 0 unspecified atom stereocenters. The third kappa shape index (κ3) is 1.69. The van der Waals surface area contributed by atoms with Crippen molar-refractivity contribution in [2.75, 3.05) is 5.73 Å². The van der Waals surface area contributed by atoms with E-state index in [1.165, 1.54) is 0 Å². The molecule has 0 aliphatic rings. The highest BCUT2D eigenvalue weighted by molar-refractivity contribution is 6.08. The maximum atomic E-state index is 6.43. The van der Waals surface area contributed by atoms with Crippen LogP contribution in [0.4, 0.5) is 5.69 Å². The van der Waals surface area contributed by atoms with Crippen molar-refractivity contribution in [3.63, 3.8) is 0 Å². The number of rotatable bonds is 1. The van der Waals surface area contributed by atoms with Gasteiger partial charge in [-0.05, 0) is 37.6 Å². The van der Waals surface area contributed by atoms with E-state index in [9.17, 15) is 0 Å². The van der Waals surface area contributed by atoms with Crippen LogP contribution >= 0.6 is 0 Å². The minimum Gasteiger partial charge on any atom is -0.398 e. The highest BCUT2D eigenvalue weighted by atomic mass is 15.3. The first-order valence-corrected chi connectivity index (χ1v) is 7.12. The number of pyridine rings is 2. The average Bonchev–Trinajstić information content (AvgIpc) is 2.85. The third-order valence-corrected chi connectivity index (χ3v) is 3.92. The number of anilines is 1. The molecule has 22 heavy (non-hydrogen) atoms. The molecule has 0 bridgehead atoms. The molecule has 0 fully saturated rings. The van der Waals surface area contributed by atoms with E-state index in [-0.39, 0.29) is 0 Å². The number of nitrogen functional groups attached to an aromatic ring is 1. The van der Waals surface area contributed by atoms with Crippen LogP contribution in [-0.2, 0) is 0 Å². The summed E-state index contributed by atoms with van der Waals surface area (Å²) in [6.07, 6.45) is 1.74. The molecule has 0 saturated carbocycles. The van der Waals surface area contributed by atoms with Gasteiger partial charge >= 0.3 is 0 Å². The summed E-state index contributed by atoms with van der Waals surface area (Å²) in [5.74, 6) is 0.736. The lowest BCUT2D eigenvalue weighted by molar-refractivity contribution is 0.848. The lowest BCUT2D eigenvalue weighted by Crippen LogP contribution is -2.01. The maximum absolute atomic E-state index is 6.43. The summed E-state index contributed by atoms with van der Waals surface area (Å²) < 4.78 is 1.75. The molecule has 5 heteroatoms. The second kappa shape index (κ2) is 4.53. The molecule has 0 atom stereocenters. The van der Waals surface area contributed by atoms with E-state index in [0.717, 1.165) is 44.7 Å². The quantitative estimate of drug-likeness (QED) is 0.584. The average molecular weight is 289 g/mol. The number of nitrogens with zero attached hydrogens (tertiary/aromatic N) is 4. The van der Waals surface area contributed by atoms with Gasteiger partial charge in [-0.2, -0.15) is 9.78 Å². The number of hydrogen-bond donors (Lipinski definition) is 1. The normalized spacial score (nSPS) is 11.4. The van der Waals surface area contributed by atoms with Gasteiger partial charge in [0.15, 0.2) is 11.5 Å². The summed E-state index contributed by atoms with van der Waals surface area (Å²) in [4.78, 5) is 9.14. The number of aromatic nitrogens is 4. The largest absolute Gasteiger partial charge is 0.398 e. The molecule has 0 spiro atoms. The van der Waals surface area contributed by atoms with Gasteiger partial charge in [-0.1, -0.05) is 18.2 Å². The Balaban J connectivity index is 2.17. The molecule has 2 N–H and O–H groups in total. The molecule has 0 saturated heterocycles. The molecule has 0 amide bonds. The molecule has 108 valence electrons. The van der Waals surface area contributed by atoms with Gasteiger partial charge < -0.3 is 5.73 Å². The van der Waals surface area contributed by atoms with Crippen LogP contribution in [0.15, 0.2) is 42.6 Å². The van der Waals surface area contributed by atoms with Crippen LogP contribution in [-0.4, -0.2) is 19.7 Å². The van der Waals surface area contributed by atoms with Crippen LogP contribution in [0, 0.1) is 13.8 Å². The Kier molecular flexibility index (Phi) is 2.63. The second-order valence-electron chi connectivity index (χ2n) is 5.38. The van der Waals surface area contributed by atoms with Crippen LogP contribution in [0.3, 0.4) is 0 Å². The van der Waals surface area contributed by atoms with E-state index >= 15 is 0 Å². The molecular weight excluding hydrogens is 274 g/mol. The van der Waals surface area contributed by atoms with Gasteiger partial charge in [-0.15, -0.1) is 0 Å². The number of hydrogen-bond acceptors (Lipinski definition) is 4. The Labute approximate surface area is 127 Å². The van der Waals surface area contributed by atoms with Gasteiger partial charge in [-0.25, -0.2) is 9.97 Å². The Hall–Kier alpha value is -2.95. The third-order valence-electron chi connectivity index (χ3n) is 3.92. The zero-order valence-corrected chi connectivity index (χ0v) is 12.4. The Morgan fingerprint density at radius 3 is 2.64 bits per heavy atom. The fourth-order valence-corrected chi connectivity index (χ4v) is 2.91. The summed E-state index contributed by atoms with van der Waals surface area (Å²) in [6.45, 7) is 3.99. The zero-order valence-electron chi connectivity index (χ0n) is 12.4. The molecule has 4 aromatic rings. The van der Waals surface area contributed by atoms with Crippen molar-refractivity contribution in [1.29, 1.82) is 0 Å². The SMILES string of the molecule is Cc1cccc2nc3c(c(C)nn3-c3ccccn3)c(N)c12. The molecule has 0 aliphatic heterocycles. The van der Waals surface area contributed by atoms with Gasteiger partial charge in [0.05, 0.1) is 22.3 Å². The molecule has 0 radical (unpaired) electrons. The number of nitrogens with two attached hydrogens (primary N) is 1. The first kappa shape index (κ1) is 12.8. The Bertz CT molecular complexity index is 1000. The van der Waals surface area contributed by atoms with Crippen LogP contribution in [0.25, 0.3) is 27.8 Å². The molecule has 1 aromatic carbocycles. The van der Waals surface area contributed by atoms with E-state index in [1.54, 1.807) is 10.9 Å². The van der Waals surface area contributed by atoms with Gasteiger partial charge in [0, 0.05) is 11.6 Å². The van der Waals surface area contributed by atoms with Crippen molar-refractivity contribution < 1.29 is 0 Å². The highest BCUT2D eigenvalue weighted by Crippen LogP contribution is 2.32. The Morgan fingerprint density at radius 1 is 1.00 bits per heavy atom. The number of benzene rings is 1. The van der Waals surface area contributed by atoms with E-state index in [2.05, 4.69) is 10.1 Å². The van der Waals surface area contributed by atoms with Crippen LogP contribution < -0.4 is 5.73 Å². The monoisotopic (exact) mass is 289 g/mol. The van der Waals surface area contributed by atoms with Gasteiger partial charge in [0.2, 0.25) is 0 Å². The topological polar surface area (TPSA) is 69.6 Å². The molecule has 5 nitrogen and oxygen atoms in total. The van der Waals surface area contributed by atoms with E-state index < -0.39 is 0 Å². The first-order chi connectivity index (χ1) is 10.7. The standard InChI is InChI=1S/C17H15N5/c1-10-6-5-7-12-14(10)16(18)15-11(2)21-22(17(15)20-12)13-8-3-4-9-19-13/h3-9H,1-2H3,(H2,18,20). The summed E-state index contributed by atoms with van der Waals surface area (Å²) in [5, 5.41) is 6.48. The highest BCUT2D eigenvalue weighted by Gasteiger charge is 2.17. The van der Waals surface area contributed by atoms with Gasteiger partial charge in [0.1, 0.15) is 0 Å². The Morgan fingerprint density at radius 2 is 1.86 bits per heavy atom. The van der Waals surface area contributed by atoms with Crippen molar-refractivity contribution in [3.05, 3.63) is 53.9 Å².